The smallest absolute Gasteiger partial charge is 0.268 e. The molecule has 2 rings (SSSR count). The zero-order chi connectivity index (χ0) is 14.5. The minimum atomic E-state index is 0. The zero-order valence-corrected chi connectivity index (χ0v) is 14.3. The maximum Gasteiger partial charge on any atom is 0.268 e. The number of unbranched alkanes of at least 4 members (excludes halogenated alkanes) is 3. The van der Waals surface area contributed by atoms with Crippen molar-refractivity contribution in [2.45, 2.75) is 84.2 Å². The predicted molar refractivity (Wildman–Crippen MR) is 86.8 cm³/mol. The molecular formula is C15H29ClN4O. The molecule has 1 aliphatic heterocycles. The Labute approximate surface area is 134 Å². The fourth-order valence-corrected chi connectivity index (χ4v) is 3.17. The van der Waals surface area contributed by atoms with Crippen molar-refractivity contribution in [3.05, 3.63) is 11.4 Å². The summed E-state index contributed by atoms with van der Waals surface area (Å²) in [4.78, 5) is 1.88. The first-order valence-electron chi connectivity index (χ1n) is 8.06. The number of nitrogens with one attached hydrogen (secondary N) is 1. The van der Waals surface area contributed by atoms with Gasteiger partial charge in [-0.2, -0.15) is 0 Å². The van der Waals surface area contributed by atoms with E-state index in [1.807, 2.05) is 4.79 Å². The Morgan fingerprint density at radius 3 is 2.52 bits per heavy atom. The topological polar surface area (TPSA) is 57.0 Å². The molecule has 1 aromatic rings. The van der Waals surface area contributed by atoms with E-state index in [2.05, 4.69) is 31.1 Å². The molecule has 2 heterocycles. The van der Waals surface area contributed by atoms with Crippen LogP contribution in [0.4, 0.5) is 5.88 Å². The maximum absolute atomic E-state index is 7.95. The van der Waals surface area contributed by atoms with Gasteiger partial charge in [0.05, 0.1) is 16.9 Å². The van der Waals surface area contributed by atoms with Crippen molar-refractivity contribution in [1.29, 1.82) is 0 Å². The van der Waals surface area contributed by atoms with Gasteiger partial charge in [0.25, 0.3) is 5.69 Å². The second kappa shape index (κ2) is 8.47. The summed E-state index contributed by atoms with van der Waals surface area (Å²) >= 11 is 0. The quantitative estimate of drug-likeness (QED) is 0.586. The Hall–Kier alpha value is -0.970. The molecule has 0 aromatic carbocycles. The van der Waals surface area contributed by atoms with E-state index < -0.39 is 0 Å². The van der Waals surface area contributed by atoms with E-state index in [1.54, 1.807) is 0 Å². The largest absolute Gasteiger partial charge is 0.660 e. The van der Waals surface area contributed by atoms with Gasteiger partial charge in [0, 0.05) is 6.42 Å². The predicted octanol–water partition coefficient (Wildman–Crippen LogP) is 4.09. The molecule has 21 heavy (non-hydrogen) atoms. The molecule has 1 fully saturated rings. The molecule has 2 unspecified atom stereocenters. The number of nitrogens with zero attached hydrogens (tertiary/aromatic N) is 3. The van der Waals surface area contributed by atoms with Crippen LogP contribution in [0.5, 0.6) is 0 Å². The second-order valence-corrected chi connectivity index (χ2v) is 6.06. The molecule has 1 aliphatic rings. The summed E-state index contributed by atoms with van der Waals surface area (Å²) in [6.07, 6.45) is 9.35. The van der Waals surface area contributed by atoms with Gasteiger partial charge in [-0.3, -0.25) is 0 Å². The van der Waals surface area contributed by atoms with Gasteiger partial charge in [-0.15, -0.1) is 17.4 Å². The van der Waals surface area contributed by atoms with Crippen molar-refractivity contribution in [2.24, 2.45) is 0 Å². The standard InChI is InChI=1S/C15H28N4O.ClH/c1-4-5-6-7-11-14-15(16)20-17-19(14)18-12(2)9-8-10-13(18)3;/h12-13,16H,4-11H2,1-3H3;1H. The molecule has 1 N–H and O–H groups in total. The number of hydrogen-bond donors (Lipinski definition) is 0. The van der Waals surface area contributed by atoms with E-state index in [4.69, 9.17) is 10.3 Å². The van der Waals surface area contributed by atoms with E-state index in [0.29, 0.717) is 12.1 Å². The monoisotopic (exact) mass is 316 g/mol. The van der Waals surface area contributed by atoms with Gasteiger partial charge in [-0.05, 0) is 39.5 Å². The maximum atomic E-state index is 7.95. The van der Waals surface area contributed by atoms with Gasteiger partial charge >= 0.3 is 0 Å². The Balaban J connectivity index is 0.00000220. The molecule has 2 atom stereocenters. The Kier molecular flexibility index (Phi) is 7.29. The van der Waals surface area contributed by atoms with Crippen molar-refractivity contribution in [3.63, 3.8) is 0 Å². The average Bonchev–Trinajstić information content (AvgIpc) is 2.76. The summed E-state index contributed by atoms with van der Waals surface area (Å²) in [5.74, 6) is 0.228. The van der Waals surface area contributed by atoms with Crippen LogP contribution in [0.2, 0.25) is 0 Å². The third-order valence-electron chi connectivity index (χ3n) is 4.35. The minimum absolute atomic E-state index is 0. The fraction of sp³-hybridized carbons (Fsp3) is 0.867. The van der Waals surface area contributed by atoms with Gasteiger partial charge in [-0.25, -0.2) is 0 Å². The van der Waals surface area contributed by atoms with Gasteiger partial charge in [-0.1, -0.05) is 26.2 Å². The zero-order valence-electron chi connectivity index (χ0n) is 13.5. The lowest BCUT2D eigenvalue weighted by molar-refractivity contribution is -0.771. The van der Waals surface area contributed by atoms with Crippen molar-refractivity contribution >= 4 is 18.3 Å². The highest BCUT2D eigenvalue weighted by atomic mass is 35.5. The fourth-order valence-electron chi connectivity index (χ4n) is 3.17. The van der Waals surface area contributed by atoms with Crippen LogP contribution in [0.25, 0.3) is 5.73 Å². The average molecular weight is 317 g/mol. The van der Waals surface area contributed by atoms with E-state index in [9.17, 15) is 0 Å². The molecule has 0 bridgehead atoms. The van der Waals surface area contributed by atoms with Crippen molar-refractivity contribution in [1.82, 2.24) is 5.27 Å². The first-order valence-corrected chi connectivity index (χ1v) is 8.06. The Bertz CT molecular complexity index is 414. The van der Waals surface area contributed by atoms with Crippen LogP contribution >= 0.6 is 12.4 Å². The van der Waals surface area contributed by atoms with Gasteiger partial charge in [0.2, 0.25) is 5.27 Å². The number of piperidine rings is 1. The van der Waals surface area contributed by atoms with Crippen molar-refractivity contribution in [2.75, 3.05) is 5.01 Å². The molecule has 0 spiro atoms. The molecule has 1 saturated heterocycles. The van der Waals surface area contributed by atoms with Crippen LogP contribution in [0.3, 0.4) is 0 Å². The van der Waals surface area contributed by atoms with Crippen LogP contribution in [0, 0.1) is 0 Å². The summed E-state index contributed by atoms with van der Waals surface area (Å²) in [6.45, 7) is 6.69. The number of rotatable bonds is 6. The van der Waals surface area contributed by atoms with Crippen molar-refractivity contribution in [3.8, 4) is 0 Å². The molecule has 122 valence electrons. The first kappa shape index (κ1) is 18.1. The third kappa shape index (κ3) is 4.25. The molecule has 6 heteroatoms. The summed E-state index contributed by atoms with van der Waals surface area (Å²) < 4.78 is 5.14. The lowest BCUT2D eigenvalue weighted by atomic mass is 10.00. The molecular weight excluding hydrogens is 288 g/mol. The van der Waals surface area contributed by atoms with E-state index in [1.165, 1.54) is 38.5 Å². The molecule has 1 aromatic heterocycles. The van der Waals surface area contributed by atoms with Gasteiger partial charge in [0.15, 0.2) is 0 Å². The number of halogens is 1. The summed E-state index contributed by atoms with van der Waals surface area (Å²) in [6, 6.07) is 0.922. The van der Waals surface area contributed by atoms with Gasteiger partial charge < -0.3 is 10.3 Å². The SMILES string of the molecule is CCCCCCc1c([NH-])on[n+]1N1C(C)CCCC1C.Cl. The number of hydrogen-bond acceptors (Lipinski definition) is 3. The second-order valence-electron chi connectivity index (χ2n) is 6.06. The molecule has 5 nitrogen and oxygen atoms in total. The molecule has 0 radical (unpaired) electrons. The molecule has 0 aliphatic carbocycles. The van der Waals surface area contributed by atoms with Crippen LogP contribution in [-0.4, -0.2) is 17.4 Å². The Morgan fingerprint density at radius 1 is 1.24 bits per heavy atom. The Morgan fingerprint density at radius 2 is 1.90 bits per heavy atom. The normalized spacial score (nSPS) is 22.1. The first-order chi connectivity index (χ1) is 9.65. The highest BCUT2D eigenvalue weighted by Crippen LogP contribution is 2.21. The van der Waals surface area contributed by atoms with Crippen LogP contribution in [0.1, 0.15) is 71.4 Å². The lowest BCUT2D eigenvalue weighted by Crippen LogP contribution is -2.69. The van der Waals surface area contributed by atoms with Crippen LogP contribution in [-0.2, 0) is 6.42 Å². The van der Waals surface area contributed by atoms with Crippen LogP contribution < -0.4 is 9.80 Å². The summed E-state index contributed by atoms with van der Waals surface area (Å²) in [5.41, 5.74) is 8.88. The highest BCUT2D eigenvalue weighted by molar-refractivity contribution is 5.85. The van der Waals surface area contributed by atoms with E-state index in [-0.39, 0.29) is 18.3 Å². The van der Waals surface area contributed by atoms with E-state index >= 15 is 0 Å². The summed E-state index contributed by atoms with van der Waals surface area (Å²) in [7, 11) is 0. The summed E-state index contributed by atoms with van der Waals surface area (Å²) in [5, 5.41) is 6.41. The van der Waals surface area contributed by atoms with Crippen molar-refractivity contribution < 1.29 is 9.31 Å². The highest BCUT2D eigenvalue weighted by Gasteiger charge is 2.36. The molecule has 0 saturated carbocycles. The lowest BCUT2D eigenvalue weighted by Gasteiger charge is -2.32. The number of aromatic nitrogens is 2. The van der Waals surface area contributed by atoms with Gasteiger partial charge in [0.1, 0.15) is 5.88 Å². The molecule has 0 amide bonds. The van der Waals surface area contributed by atoms with Crippen LogP contribution in [0.15, 0.2) is 4.52 Å². The minimum Gasteiger partial charge on any atom is -0.660 e. The van der Waals surface area contributed by atoms with E-state index in [0.717, 1.165) is 18.5 Å². The third-order valence-corrected chi connectivity index (χ3v) is 4.35.